The van der Waals surface area contributed by atoms with Crippen LogP contribution in [0.15, 0.2) is 42.5 Å². The second-order valence-corrected chi connectivity index (χ2v) is 4.67. The van der Waals surface area contributed by atoms with Gasteiger partial charge in [0.2, 0.25) is 0 Å². The van der Waals surface area contributed by atoms with Gasteiger partial charge in [-0.05, 0) is 23.3 Å². The van der Waals surface area contributed by atoms with Crippen LogP contribution in [-0.4, -0.2) is 14.2 Å². The molecule has 0 heterocycles. The first-order valence-corrected chi connectivity index (χ1v) is 6.66. The van der Waals surface area contributed by atoms with E-state index in [0.29, 0.717) is 27.7 Å². The Morgan fingerprint density at radius 3 is 2.29 bits per heavy atom. The molecule has 0 atom stereocenters. The zero-order chi connectivity index (χ0) is 15.2. The molecule has 0 saturated heterocycles. The average molecular weight is 300 g/mol. The fraction of sp³-hybridized carbons (Fsp3) is 0.118. The first-order chi connectivity index (χ1) is 10.2. The Labute approximate surface area is 129 Å². The van der Waals surface area contributed by atoms with Gasteiger partial charge in [0, 0.05) is 6.07 Å². The van der Waals surface area contributed by atoms with Crippen molar-refractivity contribution in [2.45, 2.75) is 0 Å². The molecule has 0 amide bonds. The monoisotopic (exact) mass is 299 g/mol. The fourth-order valence-corrected chi connectivity index (χ4v) is 2.14. The van der Waals surface area contributed by atoms with Gasteiger partial charge in [0.15, 0.2) is 11.5 Å². The molecule has 0 radical (unpaired) electrons. The Morgan fingerprint density at radius 2 is 1.71 bits per heavy atom. The van der Waals surface area contributed by atoms with Crippen LogP contribution in [0.3, 0.4) is 0 Å². The minimum absolute atomic E-state index is 0.497. The normalized spacial score (nSPS) is 10.9. The van der Waals surface area contributed by atoms with Crippen LogP contribution in [0.2, 0.25) is 5.02 Å². The van der Waals surface area contributed by atoms with Crippen molar-refractivity contribution in [2.24, 2.45) is 0 Å². The molecule has 0 aromatic heterocycles. The number of hydrogen-bond acceptors (Lipinski definition) is 3. The van der Waals surface area contributed by atoms with E-state index in [-0.39, 0.29) is 0 Å². The van der Waals surface area contributed by atoms with Crippen molar-refractivity contribution in [3.05, 3.63) is 58.6 Å². The lowest BCUT2D eigenvalue weighted by Crippen LogP contribution is -1.92. The van der Waals surface area contributed by atoms with Crippen LogP contribution in [0.25, 0.3) is 11.6 Å². The molecular weight excluding hydrogens is 286 g/mol. The number of methoxy groups -OCH3 is 2. The number of benzene rings is 2. The Hall–Kier alpha value is -2.44. The number of rotatable bonds is 4. The van der Waals surface area contributed by atoms with Crippen LogP contribution in [-0.2, 0) is 0 Å². The molecule has 2 rings (SSSR count). The van der Waals surface area contributed by atoms with E-state index in [2.05, 4.69) is 6.07 Å². The smallest absolute Gasteiger partial charge is 0.162 e. The van der Waals surface area contributed by atoms with E-state index in [1.807, 2.05) is 30.3 Å². The van der Waals surface area contributed by atoms with Crippen molar-refractivity contribution in [2.75, 3.05) is 14.2 Å². The average Bonchev–Trinajstić information content (AvgIpc) is 2.54. The molecule has 106 valence electrons. The maximum Gasteiger partial charge on any atom is 0.162 e. The number of halogens is 1. The first kappa shape index (κ1) is 15.0. The summed E-state index contributed by atoms with van der Waals surface area (Å²) in [5.74, 6) is 1.12. The second-order valence-electron chi connectivity index (χ2n) is 4.26. The van der Waals surface area contributed by atoms with Gasteiger partial charge in [0.1, 0.15) is 0 Å². The molecule has 2 aromatic carbocycles. The van der Waals surface area contributed by atoms with E-state index in [4.69, 9.17) is 21.1 Å². The maximum atomic E-state index is 9.34. The molecule has 0 bridgehead atoms. The van der Waals surface area contributed by atoms with Crippen LogP contribution in [0.5, 0.6) is 11.5 Å². The lowest BCUT2D eigenvalue weighted by molar-refractivity contribution is 0.355. The number of ether oxygens (including phenoxy) is 2. The predicted molar refractivity (Wildman–Crippen MR) is 84.5 cm³/mol. The number of nitrogens with zero attached hydrogens (tertiary/aromatic N) is 1. The van der Waals surface area contributed by atoms with Gasteiger partial charge in [-0.1, -0.05) is 41.9 Å². The topological polar surface area (TPSA) is 42.2 Å². The molecule has 21 heavy (non-hydrogen) atoms. The summed E-state index contributed by atoms with van der Waals surface area (Å²) in [7, 11) is 3.11. The highest BCUT2D eigenvalue weighted by Crippen LogP contribution is 2.34. The van der Waals surface area contributed by atoms with Gasteiger partial charge in [-0.2, -0.15) is 5.26 Å². The van der Waals surface area contributed by atoms with Crippen LogP contribution in [0.1, 0.15) is 11.1 Å². The standard InChI is InChI=1S/C17H14ClNO2/c1-20-16-9-13(15(18)10-17(16)21-2)8-14(11-19)12-6-4-3-5-7-12/h3-10H,1-2H3/b14-8+. The summed E-state index contributed by atoms with van der Waals surface area (Å²) in [5.41, 5.74) is 2.07. The molecular formula is C17H14ClNO2. The van der Waals surface area contributed by atoms with E-state index in [9.17, 15) is 5.26 Å². The molecule has 0 aliphatic heterocycles. The zero-order valence-electron chi connectivity index (χ0n) is 11.8. The fourth-order valence-electron chi connectivity index (χ4n) is 1.93. The van der Waals surface area contributed by atoms with Gasteiger partial charge < -0.3 is 9.47 Å². The van der Waals surface area contributed by atoms with Crippen molar-refractivity contribution >= 4 is 23.3 Å². The molecule has 3 nitrogen and oxygen atoms in total. The van der Waals surface area contributed by atoms with E-state index in [0.717, 1.165) is 5.56 Å². The van der Waals surface area contributed by atoms with Gasteiger partial charge in [-0.25, -0.2) is 0 Å². The lowest BCUT2D eigenvalue weighted by atomic mass is 10.0. The number of hydrogen-bond donors (Lipinski definition) is 0. The van der Waals surface area contributed by atoms with Gasteiger partial charge in [-0.15, -0.1) is 0 Å². The predicted octanol–water partition coefficient (Wildman–Crippen LogP) is 4.42. The van der Waals surface area contributed by atoms with Crippen molar-refractivity contribution in [1.29, 1.82) is 5.26 Å². The van der Waals surface area contributed by atoms with E-state index in [1.54, 1.807) is 32.4 Å². The third-order valence-corrected chi connectivity index (χ3v) is 3.34. The van der Waals surface area contributed by atoms with Crippen LogP contribution >= 0.6 is 11.6 Å². The highest BCUT2D eigenvalue weighted by molar-refractivity contribution is 6.32. The SMILES string of the molecule is COc1cc(Cl)c(/C=C(\C#N)c2ccccc2)cc1OC. The van der Waals surface area contributed by atoms with Gasteiger partial charge in [-0.3, -0.25) is 0 Å². The Balaban J connectivity index is 2.51. The molecule has 0 saturated carbocycles. The lowest BCUT2D eigenvalue weighted by Gasteiger charge is -2.10. The Bertz CT molecular complexity index is 703. The maximum absolute atomic E-state index is 9.34. The van der Waals surface area contributed by atoms with E-state index in [1.165, 1.54) is 0 Å². The highest BCUT2D eigenvalue weighted by atomic mass is 35.5. The quantitative estimate of drug-likeness (QED) is 0.620. The molecule has 4 heteroatoms. The molecule has 0 spiro atoms. The number of allylic oxidation sites excluding steroid dienone is 1. The highest BCUT2D eigenvalue weighted by Gasteiger charge is 2.10. The van der Waals surface area contributed by atoms with Crippen molar-refractivity contribution in [3.63, 3.8) is 0 Å². The summed E-state index contributed by atoms with van der Waals surface area (Å²) in [4.78, 5) is 0. The largest absolute Gasteiger partial charge is 0.493 e. The zero-order valence-corrected chi connectivity index (χ0v) is 12.5. The number of nitriles is 1. The van der Waals surface area contributed by atoms with Crippen LogP contribution in [0.4, 0.5) is 0 Å². The van der Waals surface area contributed by atoms with Crippen molar-refractivity contribution in [3.8, 4) is 17.6 Å². The minimum Gasteiger partial charge on any atom is -0.493 e. The third-order valence-electron chi connectivity index (χ3n) is 3.01. The summed E-state index contributed by atoms with van der Waals surface area (Å²) in [5, 5.41) is 9.84. The van der Waals surface area contributed by atoms with Gasteiger partial charge in [0.05, 0.1) is 30.9 Å². The summed E-state index contributed by atoms with van der Waals surface area (Å²) >= 11 is 6.24. The Morgan fingerprint density at radius 1 is 1.10 bits per heavy atom. The molecule has 0 aliphatic rings. The third kappa shape index (κ3) is 3.36. The van der Waals surface area contributed by atoms with Crippen LogP contribution < -0.4 is 9.47 Å². The van der Waals surface area contributed by atoms with E-state index >= 15 is 0 Å². The van der Waals surface area contributed by atoms with E-state index < -0.39 is 0 Å². The summed E-state index contributed by atoms with van der Waals surface area (Å²) in [6, 6.07) is 15.0. The second kappa shape index (κ2) is 6.83. The van der Waals surface area contributed by atoms with Gasteiger partial charge >= 0.3 is 0 Å². The summed E-state index contributed by atoms with van der Waals surface area (Å²) in [6.45, 7) is 0. The minimum atomic E-state index is 0.497. The summed E-state index contributed by atoms with van der Waals surface area (Å²) < 4.78 is 10.4. The molecule has 0 unspecified atom stereocenters. The first-order valence-electron chi connectivity index (χ1n) is 6.28. The van der Waals surface area contributed by atoms with Crippen LogP contribution in [0, 0.1) is 11.3 Å². The molecule has 0 N–H and O–H groups in total. The molecule has 2 aromatic rings. The molecule has 0 aliphatic carbocycles. The van der Waals surface area contributed by atoms with Crippen molar-refractivity contribution < 1.29 is 9.47 Å². The van der Waals surface area contributed by atoms with Crippen molar-refractivity contribution in [1.82, 2.24) is 0 Å². The molecule has 0 fully saturated rings. The summed E-state index contributed by atoms with van der Waals surface area (Å²) in [6.07, 6.45) is 1.74. The Kier molecular flexibility index (Phi) is 4.86. The van der Waals surface area contributed by atoms with Gasteiger partial charge in [0.25, 0.3) is 0 Å².